The maximum absolute atomic E-state index is 12.1. The van der Waals surface area contributed by atoms with E-state index in [0.717, 1.165) is 5.01 Å². The molecule has 0 saturated heterocycles. The van der Waals surface area contributed by atoms with Crippen LogP contribution in [-0.2, 0) is 14.4 Å². The van der Waals surface area contributed by atoms with Gasteiger partial charge in [0.05, 0.1) is 6.54 Å². The van der Waals surface area contributed by atoms with Crippen molar-refractivity contribution in [3.63, 3.8) is 0 Å². The van der Waals surface area contributed by atoms with Gasteiger partial charge in [-0.2, -0.15) is 0 Å². The second kappa shape index (κ2) is 9.82. The van der Waals surface area contributed by atoms with Crippen LogP contribution in [0.2, 0.25) is 0 Å². The number of nitrogens with two attached hydrogens (primary N) is 1. The van der Waals surface area contributed by atoms with E-state index in [4.69, 9.17) is 22.4 Å². The predicted octanol–water partition coefficient (Wildman–Crippen LogP) is -0.357. The SMILES string of the molecule is CC(C)C[C@@H](NC(=O)O)C(=O)NN(CCC(N)=O)C(=O)CCl. The highest BCUT2D eigenvalue weighted by Gasteiger charge is 2.25. The molecule has 0 rings (SSSR count). The summed E-state index contributed by atoms with van der Waals surface area (Å²) in [7, 11) is 0. The minimum Gasteiger partial charge on any atom is -0.465 e. The summed E-state index contributed by atoms with van der Waals surface area (Å²) in [6.07, 6.45) is -1.27. The van der Waals surface area contributed by atoms with Crippen molar-refractivity contribution in [3.05, 3.63) is 0 Å². The zero-order valence-electron chi connectivity index (χ0n) is 12.5. The Balaban J connectivity index is 4.88. The summed E-state index contributed by atoms with van der Waals surface area (Å²) >= 11 is 5.43. The topological polar surface area (TPSA) is 142 Å². The van der Waals surface area contributed by atoms with Crippen molar-refractivity contribution in [1.29, 1.82) is 0 Å². The van der Waals surface area contributed by atoms with Crippen LogP contribution >= 0.6 is 11.6 Å². The van der Waals surface area contributed by atoms with E-state index < -0.39 is 35.7 Å². The van der Waals surface area contributed by atoms with Crippen LogP contribution in [0.3, 0.4) is 0 Å². The molecular formula is C12H21ClN4O5. The summed E-state index contributed by atoms with van der Waals surface area (Å²) in [6, 6.07) is -1.03. The van der Waals surface area contributed by atoms with Gasteiger partial charge >= 0.3 is 6.09 Å². The van der Waals surface area contributed by atoms with Crippen molar-refractivity contribution >= 4 is 35.4 Å². The van der Waals surface area contributed by atoms with Crippen molar-refractivity contribution in [2.75, 3.05) is 12.4 Å². The summed E-state index contributed by atoms with van der Waals surface area (Å²) in [5, 5.41) is 11.7. The van der Waals surface area contributed by atoms with Gasteiger partial charge in [-0.3, -0.25) is 24.8 Å². The number of hydrogen-bond donors (Lipinski definition) is 4. The van der Waals surface area contributed by atoms with Crippen LogP contribution in [0.4, 0.5) is 4.79 Å². The first-order chi connectivity index (χ1) is 10.2. The number of hydrazine groups is 1. The van der Waals surface area contributed by atoms with Crippen molar-refractivity contribution < 1.29 is 24.3 Å². The normalized spacial score (nSPS) is 11.6. The van der Waals surface area contributed by atoms with Crippen LogP contribution in [0.5, 0.6) is 0 Å². The van der Waals surface area contributed by atoms with E-state index in [1.807, 2.05) is 13.8 Å². The highest BCUT2D eigenvalue weighted by Crippen LogP contribution is 2.05. The van der Waals surface area contributed by atoms with Gasteiger partial charge in [-0.05, 0) is 12.3 Å². The number of nitrogens with zero attached hydrogens (tertiary/aromatic N) is 1. The van der Waals surface area contributed by atoms with Gasteiger partial charge in [-0.15, -0.1) is 11.6 Å². The lowest BCUT2D eigenvalue weighted by atomic mass is 10.0. The molecule has 0 aliphatic carbocycles. The van der Waals surface area contributed by atoms with E-state index in [1.54, 1.807) is 0 Å². The van der Waals surface area contributed by atoms with Crippen molar-refractivity contribution in [2.24, 2.45) is 11.7 Å². The number of carboxylic acid groups (broad SMARTS) is 1. The second-order valence-corrected chi connectivity index (χ2v) is 5.27. The first-order valence-corrected chi connectivity index (χ1v) is 7.15. The Morgan fingerprint density at radius 2 is 1.86 bits per heavy atom. The van der Waals surface area contributed by atoms with Crippen LogP contribution in [-0.4, -0.2) is 52.4 Å². The van der Waals surface area contributed by atoms with Crippen LogP contribution < -0.4 is 16.5 Å². The van der Waals surface area contributed by atoms with Gasteiger partial charge in [0, 0.05) is 6.42 Å². The van der Waals surface area contributed by atoms with Crippen LogP contribution in [0, 0.1) is 5.92 Å². The molecule has 0 spiro atoms. The molecule has 0 saturated carbocycles. The average Bonchev–Trinajstić information content (AvgIpc) is 2.40. The molecule has 9 nitrogen and oxygen atoms in total. The van der Waals surface area contributed by atoms with Crippen LogP contribution in [0.25, 0.3) is 0 Å². The zero-order valence-corrected chi connectivity index (χ0v) is 13.2. The molecule has 22 heavy (non-hydrogen) atoms. The van der Waals surface area contributed by atoms with E-state index in [-0.39, 0.29) is 25.3 Å². The Morgan fingerprint density at radius 3 is 2.27 bits per heavy atom. The quantitative estimate of drug-likeness (QED) is 0.354. The largest absolute Gasteiger partial charge is 0.465 e. The number of alkyl halides is 1. The van der Waals surface area contributed by atoms with E-state index in [9.17, 15) is 19.2 Å². The molecule has 4 amide bonds. The third-order valence-electron chi connectivity index (χ3n) is 2.56. The fourth-order valence-corrected chi connectivity index (χ4v) is 1.74. The Kier molecular flexibility index (Phi) is 8.92. The van der Waals surface area contributed by atoms with Crippen LogP contribution in [0.1, 0.15) is 26.7 Å². The third kappa shape index (κ3) is 8.30. The minimum atomic E-state index is -1.35. The number of rotatable bonds is 8. The molecule has 0 aliphatic heterocycles. The molecule has 0 aromatic heterocycles. The summed E-state index contributed by atoms with van der Waals surface area (Å²) in [5.74, 6) is -2.34. The second-order valence-electron chi connectivity index (χ2n) is 5.00. The number of primary amides is 1. The summed E-state index contributed by atoms with van der Waals surface area (Å²) in [5.41, 5.74) is 7.25. The highest BCUT2D eigenvalue weighted by atomic mass is 35.5. The number of amides is 4. The maximum atomic E-state index is 12.1. The van der Waals surface area contributed by atoms with Gasteiger partial charge in [-0.1, -0.05) is 13.8 Å². The predicted molar refractivity (Wildman–Crippen MR) is 78.8 cm³/mol. The van der Waals surface area contributed by atoms with Crippen LogP contribution in [0.15, 0.2) is 0 Å². The lowest BCUT2D eigenvalue weighted by molar-refractivity contribution is -0.141. The summed E-state index contributed by atoms with van der Waals surface area (Å²) in [6.45, 7) is 3.49. The monoisotopic (exact) mass is 336 g/mol. The van der Waals surface area contributed by atoms with Crippen molar-refractivity contribution in [3.8, 4) is 0 Å². The molecule has 0 radical (unpaired) electrons. The summed E-state index contributed by atoms with van der Waals surface area (Å²) < 4.78 is 0. The van der Waals surface area contributed by atoms with Crippen molar-refractivity contribution in [1.82, 2.24) is 15.8 Å². The fraction of sp³-hybridized carbons (Fsp3) is 0.667. The minimum absolute atomic E-state index is 0.0467. The smallest absolute Gasteiger partial charge is 0.405 e. The number of carbonyl (C=O) groups excluding carboxylic acids is 3. The third-order valence-corrected chi connectivity index (χ3v) is 2.79. The molecule has 10 heteroatoms. The Labute approximate surface area is 133 Å². The molecule has 0 heterocycles. The van der Waals surface area contributed by atoms with Gasteiger partial charge in [0.25, 0.3) is 11.8 Å². The molecule has 0 aromatic rings. The molecule has 0 aromatic carbocycles. The number of hydrogen-bond acceptors (Lipinski definition) is 4. The molecule has 5 N–H and O–H groups in total. The molecule has 0 aliphatic rings. The van der Waals surface area contributed by atoms with Gasteiger partial charge in [-0.25, -0.2) is 4.79 Å². The van der Waals surface area contributed by atoms with E-state index in [0.29, 0.717) is 0 Å². The molecule has 1 atom stereocenters. The Hall–Kier alpha value is -2.03. The Morgan fingerprint density at radius 1 is 1.27 bits per heavy atom. The molecule has 0 unspecified atom stereocenters. The highest BCUT2D eigenvalue weighted by molar-refractivity contribution is 6.27. The van der Waals surface area contributed by atoms with Gasteiger partial charge in [0.15, 0.2) is 0 Å². The van der Waals surface area contributed by atoms with E-state index >= 15 is 0 Å². The number of carbonyl (C=O) groups is 4. The average molecular weight is 337 g/mol. The zero-order chi connectivity index (χ0) is 17.3. The number of halogens is 1. The summed E-state index contributed by atoms with van der Waals surface area (Å²) in [4.78, 5) is 45.2. The Bertz CT molecular complexity index is 430. The van der Waals surface area contributed by atoms with E-state index in [2.05, 4.69) is 10.7 Å². The molecule has 0 fully saturated rings. The first kappa shape index (κ1) is 20.0. The van der Waals surface area contributed by atoms with Gasteiger partial charge < -0.3 is 16.2 Å². The number of nitrogens with one attached hydrogen (secondary N) is 2. The lowest BCUT2D eigenvalue weighted by Gasteiger charge is -2.25. The van der Waals surface area contributed by atoms with Gasteiger partial charge in [0.1, 0.15) is 11.9 Å². The van der Waals surface area contributed by atoms with Crippen molar-refractivity contribution in [2.45, 2.75) is 32.7 Å². The molecule has 126 valence electrons. The maximum Gasteiger partial charge on any atom is 0.405 e. The fourth-order valence-electron chi connectivity index (χ4n) is 1.60. The molecular weight excluding hydrogens is 316 g/mol. The first-order valence-electron chi connectivity index (χ1n) is 6.62. The van der Waals surface area contributed by atoms with Gasteiger partial charge in [0.2, 0.25) is 5.91 Å². The lowest BCUT2D eigenvalue weighted by Crippen LogP contribution is -2.55. The van der Waals surface area contributed by atoms with E-state index in [1.165, 1.54) is 0 Å². The molecule has 0 bridgehead atoms. The standard InChI is InChI=1S/C12H21ClN4O5/c1-7(2)5-8(15-12(21)22)11(20)16-17(10(19)6-13)4-3-9(14)18/h7-8,15H,3-6H2,1-2H3,(H2,14,18)(H,16,20)(H,21,22)/t8-/m1/s1.